The van der Waals surface area contributed by atoms with Crippen molar-refractivity contribution in [2.45, 2.75) is 334 Å². The van der Waals surface area contributed by atoms with Gasteiger partial charge in [0.25, 0.3) is 0 Å². The molecule has 2 N–H and O–H groups in total. The minimum Gasteiger partial charge on any atom is -0.463 e. The molecule has 0 saturated carbocycles. The largest absolute Gasteiger partial charge is 0.463 e. The Kier molecular flexibility index (Phi) is 45.3. The summed E-state index contributed by atoms with van der Waals surface area (Å²) in [5, 5.41) is 15.3. The summed E-state index contributed by atoms with van der Waals surface area (Å²) in [6.45, 7) is 5.60. The number of ether oxygens (including phenoxy) is 8. The molecule has 3 aromatic rings. The lowest BCUT2D eigenvalue weighted by Crippen LogP contribution is -2.66. The molecule has 17 nitrogen and oxygen atoms in total. The maximum Gasteiger partial charge on any atom is 0.348 e. The number of hydrogen-bond donors (Lipinski definition) is 2. The van der Waals surface area contributed by atoms with E-state index >= 15 is 0 Å². The van der Waals surface area contributed by atoms with Gasteiger partial charge in [-0.05, 0) is 36.0 Å². The number of carbonyl (C=O) groups is 7. The SMILES string of the molecule is CCCCCCCCCCCCCC(=O)N[C@H]1[C@@H](OC(CC(=O)OCc2ccccc2)CC(=O)OCc2ccccc2)O[C@H](COC(=O)C[C@H](OC(=O)CCCCCCCCCCCCC)C(=O)OCc2ccccc2)[C@@H](O)[C@@H]1OC(=O)CCCCCCCCCCCCC. The zero-order valence-electron chi connectivity index (χ0n) is 58.2. The normalized spacial score (nSPS) is 16.4. The molecular weight excluding hydrogens is 1210 g/mol. The van der Waals surface area contributed by atoms with Gasteiger partial charge in [-0.1, -0.05) is 304 Å². The molecule has 532 valence electrons. The van der Waals surface area contributed by atoms with Crippen molar-refractivity contribution >= 4 is 41.7 Å². The monoisotopic (exact) mass is 1330 g/mol. The number of hydrogen-bond acceptors (Lipinski definition) is 16. The van der Waals surface area contributed by atoms with Crippen LogP contribution in [-0.4, -0.2) is 96.3 Å². The maximum atomic E-state index is 14.2. The Morgan fingerprint density at radius 3 is 1.19 bits per heavy atom. The van der Waals surface area contributed by atoms with E-state index in [0.717, 1.165) is 77.0 Å². The van der Waals surface area contributed by atoms with Crippen molar-refractivity contribution in [3.05, 3.63) is 108 Å². The number of esters is 6. The Bertz CT molecular complexity index is 2440. The Morgan fingerprint density at radius 1 is 0.421 bits per heavy atom. The van der Waals surface area contributed by atoms with E-state index in [1.165, 1.54) is 116 Å². The second-order valence-corrected chi connectivity index (χ2v) is 25.9. The molecule has 6 atom stereocenters. The van der Waals surface area contributed by atoms with E-state index in [0.29, 0.717) is 36.0 Å². The van der Waals surface area contributed by atoms with Crippen molar-refractivity contribution in [2.24, 2.45) is 0 Å². The van der Waals surface area contributed by atoms with E-state index in [9.17, 15) is 38.7 Å². The van der Waals surface area contributed by atoms with Gasteiger partial charge in [-0.25, -0.2) is 4.79 Å². The highest BCUT2D eigenvalue weighted by molar-refractivity contribution is 5.84. The molecule has 0 radical (unpaired) electrons. The van der Waals surface area contributed by atoms with Crippen molar-refractivity contribution in [3.8, 4) is 0 Å². The highest BCUT2D eigenvalue weighted by Gasteiger charge is 2.50. The van der Waals surface area contributed by atoms with Gasteiger partial charge in [-0.2, -0.15) is 0 Å². The molecule has 4 rings (SSSR count). The molecule has 0 spiro atoms. The summed E-state index contributed by atoms with van der Waals surface area (Å²) in [5.74, 6) is -5.25. The van der Waals surface area contributed by atoms with Crippen LogP contribution >= 0.6 is 0 Å². The highest BCUT2D eigenvalue weighted by atomic mass is 16.7. The van der Waals surface area contributed by atoms with E-state index in [1.54, 1.807) is 48.5 Å². The number of carbonyl (C=O) groups excluding carboxylic acids is 7. The van der Waals surface area contributed by atoms with Crippen LogP contribution < -0.4 is 5.32 Å². The molecule has 1 heterocycles. The summed E-state index contributed by atoms with van der Waals surface area (Å²) < 4.78 is 47.6. The molecule has 1 saturated heterocycles. The van der Waals surface area contributed by atoms with Gasteiger partial charge < -0.3 is 48.3 Å². The zero-order chi connectivity index (χ0) is 68.2. The minimum atomic E-state index is -1.77. The van der Waals surface area contributed by atoms with Crippen LogP contribution in [-0.2, 0) is 91.3 Å². The number of aliphatic hydroxyl groups excluding tert-OH is 1. The fraction of sp³-hybridized carbons (Fsp3) is 0.679. The molecule has 1 aliphatic rings. The van der Waals surface area contributed by atoms with Crippen LogP contribution in [0.1, 0.15) is 288 Å². The number of aliphatic hydroxyl groups is 1. The predicted octanol–water partition coefficient (Wildman–Crippen LogP) is 16.8. The Labute approximate surface area is 569 Å². The summed E-state index contributed by atoms with van der Waals surface area (Å²) in [6.07, 6.45) is 24.1. The molecule has 1 amide bonds. The van der Waals surface area contributed by atoms with Crippen molar-refractivity contribution in [3.63, 3.8) is 0 Å². The predicted molar refractivity (Wildman–Crippen MR) is 368 cm³/mol. The molecule has 17 heteroatoms. The molecule has 1 fully saturated rings. The van der Waals surface area contributed by atoms with Crippen molar-refractivity contribution in [1.82, 2.24) is 5.32 Å². The molecule has 3 aromatic carbocycles. The van der Waals surface area contributed by atoms with Crippen molar-refractivity contribution in [2.75, 3.05) is 6.61 Å². The summed E-state index contributed by atoms with van der Waals surface area (Å²) >= 11 is 0. The average molecular weight is 1330 g/mol. The van der Waals surface area contributed by atoms with E-state index in [2.05, 4.69) is 26.1 Å². The number of nitrogens with one attached hydrogen (secondary N) is 1. The van der Waals surface area contributed by atoms with Crippen LogP contribution in [0.25, 0.3) is 0 Å². The zero-order valence-corrected chi connectivity index (χ0v) is 58.2. The summed E-state index contributed by atoms with van der Waals surface area (Å²) in [7, 11) is 0. The van der Waals surface area contributed by atoms with Gasteiger partial charge in [0, 0.05) is 19.3 Å². The highest BCUT2D eigenvalue weighted by Crippen LogP contribution is 2.29. The number of unbranched alkanes of at least 4 members (excludes halogenated alkanes) is 30. The van der Waals surface area contributed by atoms with Gasteiger partial charge in [-0.3, -0.25) is 28.8 Å². The quantitative estimate of drug-likeness (QED) is 0.0304. The number of amides is 1. The summed E-state index contributed by atoms with van der Waals surface area (Å²) in [4.78, 5) is 97.0. The van der Waals surface area contributed by atoms with Gasteiger partial charge in [0.05, 0.1) is 25.4 Å². The Hall–Kier alpha value is -6.17. The minimum absolute atomic E-state index is 0.00541. The summed E-state index contributed by atoms with van der Waals surface area (Å²) in [5.41, 5.74) is 2.10. The molecule has 0 aromatic heterocycles. The molecule has 0 bridgehead atoms. The van der Waals surface area contributed by atoms with Crippen LogP contribution in [0, 0.1) is 0 Å². The first kappa shape index (κ1) is 81.3. The second-order valence-electron chi connectivity index (χ2n) is 25.9. The first-order valence-electron chi connectivity index (χ1n) is 36.8. The lowest BCUT2D eigenvalue weighted by atomic mass is 9.95. The lowest BCUT2D eigenvalue weighted by Gasteiger charge is -2.44. The maximum absolute atomic E-state index is 14.2. The van der Waals surface area contributed by atoms with E-state index < -0.39 is 110 Å². The Morgan fingerprint density at radius 2 is 0.779 bits per heavy atom. The summed E-state index contributed by atoms with van der Waals surface area (Å²) in [6, 6.07) is 25.6. The van der Waals surface area contributed by atoms with E-state index in [4.69, 9.17) is 37.9 Å². The molecule has 95 heavy (non-hydrogen) atoms. The average Bonchev–Trinajstić information content (AvgIpc) is 0.810. The third-order valence-corrected chi connectivity index (χ3v) is 17.4. The van der Waals surface area contributed by atoms with Crippen LogP contribution in [0.2, 0.25) is 0 Å². The molecule has 0 unspecified atom stereocenters. The smallest absolute Gasteiger partial charge is 0.348 e. The first-order valence-corrected chi connectivity index (χ1v) is 36.8. The topological polar surface area (TPSA) is 226 Å². The fourth-order valence-corrected chi connectivity index (χ4v) is 11.7. The fourth-order valence-electron chi connectivity index (χ4n) is 11.7. The van der Waals surface area contributed by atoms with Crippen LogP contribution in [0.4, 0.5) is 0 Å². The van der Waals surface area contributed by atoms with Crippen LogP contribution in [0.3, 0.4) is 0 Å². The van der Waals surface area contributed by atoms with Crippen molar-refractivity contribution in [1.29, 1.82) is 0 Å². The van der Waals surface area contributed by atoms with Gasteiger partial charge in [0.1, 0.15) is 44.7 Å². The first-order chi connectivity index (χ1) is 46.4. The third kappa shape index (κ3) is 39.0. The Balaban J connectivity index is 1.59. The van der Waals surface area contributed by atoms with E-state index in [1.807, 2.05) is 42.5 Å². The standard InChI is InChI=1S/C78H119NO16/c1-4-7-10-13-16-19-22-25-28-31-43-52-68(80)79-74-76(95-70(82)54-45-33-30-27-24-21-18-15-12-9-6-3)75(86)67(94-78(74)92-65(55-71(83)88-58-62-46-37-34-38-47-62)56-72(84)89-59-63-48-39-35-40-49-63)61-90-73(85)57-66(77(87)91-60-64-50-41-36-42-51-64)93-69(81)53-44-32-29-26-23-20-17-14-11-8-5-2/h34-42,46-51,65-67,74-76,78,86H,4-33,43-45,52-61H2,1-3H3,(H,79,80)/t66-,67+,74+,75+,76+,78-/m0/s1. The molecule has 1 aliphatic heterocycles. The van der Waals surface area contributed by atoms with Gasteiger partial charge >= 0.3 is 35.8 Å². The lowest BCUT2D eigenvalue weighted by molar-refractivity contribution is -0.286. The van der Waals surface area contributed by atoms with Crippen LogP contribution in [0.15, 0.2) is 91.0 Å². The second kappa shape index (κ2) is 52.9. The number of rotatable bonds is 56. The van der Waals surface area contributed by atoms with Crippen LogP contribution in [0.5, 0.6) is 0 Å². The molecular formula is C78H119NO16. The van der Waals surface area contributed by atoms with Gasteiger partial charge in [0.15, 0.2) is 12.4 Å². The number of benzene rings is 3. The molecule has 0 aliphatic carbocycles. The van der Waals surface area contributed by atoms with E-state index in [-0.39, 0.29) is 39.1 Å². The van der Waals surface area contributed by atoms with Gasteiger partial charge in [-0.15, -0.1) is 0 Å². The van der Waals surface area contributed by atoms with Gasteiger partial charge in [0.2, 0.25) is 12.0 Å². The van der Waals surface area contributed by atoms with Crippen molar-refractivity contribution < 1.29 is 76.6 Å². The third-order valence-electron chi connectivity index (χ3n) is 17.4.